The molecule has 2 aromatic carbocycles. The molecule has 38 heavy (non-hydrogen) atoms. The van der Waals surface area contributed by atoms with Crippen molar-refractivity contribution in [1.29, 1.82) is 0 Å². The summed E-state index contributed by atoms with van der Waals surface area (Å²) < 4.78 is 42.1. The van der Waals surface area contributed by atoms with Gasteiger partial charge in [0.1, 0.15) is 11.4 Å². The number of aliphatic hydroxyl groups excluding tert-OH is 1. The Morgan fingerprint density at radius 2 is 1.82 bits per heavy atom. The van der Waals surface area contributed by atoms with Gasteiger partial charge in [0.05, 0.1) is 32.7 Å². The van der Waals surface area contributed by atoms with Gasteiger partial charge in [-0.2, -0.15) is 0 Å². The van der Waals surface area contributed by atoms with Crippen LogP contribution in [0.15, 0.2) is 71.0 Å². The van der Waals surface area contributed by atoms with E-state index in [1.807, 2.05) is 37.3 Å². The number of carbonyl (C=O) groups excluding carboxylic acids is 1. The van der Waals surface area contributed by atoms with Crippen LogP contribution in [0.2, 0.25) is 0 Å². The first-order valence-electron chi connectivity index (χ1n) is 12.9. The second-order valence-electron chi connectivity index (χ2n) is 8.90. The number of halogens is 1. The molecule has 204 valence electrons. The highest BCUT2D eigenvalue weighted by Crippen LogP contribution is 2.42. The van der Waals surface area contributed by atoms with Gasteiger partial charge >= 0.3 is 0 Å². The Labute approximate surface area is 221 Å². The fourth-order valence-electron chi connectivity index (χ4n) is 4.53. The topological polar surface area (TPSA) is 99.4 Å². The molecule has 0 saturated heterocycles. The Morgan fingerprint density at radius 1 is 1.05 bits per heavy atom. The van der Waals surface area contributed by atoms with Crippen LogP contribution in [0.4, 0.5) is 4.39 Å². The van der Waals surface area contributed by atoms with Crippen molar-refractivity contribution in [3.63, 3.8) is 0 Å². The molecule has 0 saturated carbocycles. The van der Waals surface area contributed by atoms with Crippen molar-refractivity contribution in [3.05, 3.63) is 83.6 Å². The summed E-state index contributed by atoms with van der Waals surface area (Å²) in [5, 5.41) is 12.6. The molecular formula is C29H34FNO7. The van der Waals surface area contributed by atoms with E-state index in [0.29, 0.717) is 32.8 Å². The van der Waals surface area contributed by atoms with E-state index < -0.39 is 6.29 Å². The zero-order chi connectivity index (χ0) is 26.7. The molecule has 1 aliphatic heterocycles. The number of rotatable bonds is 14. The molecule has 1 amide bonds. The van der Waals surface area contributed by atoms with Crippen LogP contribution in [0, 0.1) is 11.7 Å². The second-order valence-corrected chi connectivity index (χ2v) is 8.90. The number of hydrogen-bond acceptors (Lipinski definition) is 7. The van der Waals surface area contributed by atoms with E-state index in [0.717, 1.165) is 22.1 Å². The standard InChI is InChI=1S/C29H34FNO7/c1-2-36-29-23(11-13-34-15-16-35-14-12-32)24(25-19-37-26-6-4-3-5-22(25)26)17-27(38-29)28(33)31-18-20-7-9-21(30)10-8-20/h3-10,17,19,23-24,29,32H,2,11-16,18H2,1H3,(H,31,33)/t23-,24+,29-/m0/s1. The Morgan fingerprint density at radius 3 is 2.58 bits per heavy atom. The minimum atomic E-state index is -0.676. The van der Waals surface area contributed by atoms with Gasteiger partial charge in [0.2, 0.25) is 6.29 Å². The predicted octanol–water partition coefficient (Wildman–Crippen LogP) is 4.28. The predicted molar refractivity (Wildman–Crippen MR) is 139 cm³/mol. The molecule has 0 spiro atoms. The molecular weight excluding hydrogens is 493 g/mol. The van der Waals surface area contributed by atoms with Gasteiger partial charge in [0, 0.05) is 42.5 Å². The summed E-state index contributed by atoms with van der Waals surface area (Å²) >= 11 is 0. The van der Waals surface area contributed by atoms with Crippen LogP contribution in [0.5, 0.6) is 0 Å². The number of carbonyl (C=O) groups is 1. The number of amides is 1. The molecule has 2 heterocycles. The highest BCUT2D eigenvalue weighted by atomic mass is 19.1. The molecule has 2 N–H and O–H groups in total. The van der Waals surface area contributed by atoms with Crippen LogP contribution in [0.25, 0.3) is 11.0 Å². The Bertz CT molecular complexity index is 1190. The average molecular weight is 528 g/mol. The molecule has 3 atom stereocenters. The maximum Gasteiger partial charge on any atom is 0.286 e. The van der Waals surface area contributed by atoms with Crippen LogP contribution in [-0.2, 0) is 30.3 Å². The lowest BCUT2D eigenvalue weighted by atomic mass is 9.81. The van der Waals surface area contributed by atoms with Crippen molar-refractivity contribution in [3.8, 4) is 0 Å². The zero-order valence-corrected chi connectivity index (χ0v) is 21.4. The lowest BCUT2D eigenvalue weighted by Gasteiger charge is -2.36. The minimum absolute atomic E-state index is 0.0259. The maximum absolute atomic E-state index is 13.2. The molecule has 3 aromatic rings. The molecule has 4 rings (SSSR count). The van der Waals surface area contributed by atoms with E-state index in [-0.39, 0.29) is 49.1 Å². The number of furan rings is 1. The molecule has 0 bridgehead atoms. The van der Waals surface area contributed by atoms with Crippen LogP contribution in [0.1, 0.15) is 30.4 Å². The number of para-hydroxylation sites is 1. The molecule has 0 fully saturated rings. The van der Waals surface area contributed by atoms with Crippen LogP contribution < -0.4 is 5.32 Å². The SMILES string of the molecule is CCO[C@H]1OC(C(=O)NCc2ccc(F)cc2)=C[C@@H](c2coc3ccccc23)[C@@H]1CCOCCOCCO. The first-order chi connectivity index (χ1) is 18.6. The fraction of sp³-hybridized carbons (Fsp3) is 0.414. The quantitative estimate of drug-likeness (QED) is 0.302. The molecule has 1 aliphatic rings. The van der Waals surface area contributed by atoms with Gasteiger partial charge in [0.15, 0.2) is 5.76 Å². The van der Waals surface area contributed by atoms with Gasteiger partial charge in [-0.3, -0.25) is 4.79 Å². The average Bonchev–Trinajstić information content (AvgIpc) is 3.36. The number of allylic oxidation sites excluding steroid dienone is 1. The second kappa shape index (κ2) is 14.1. The summed E-state index contributed by atoms with van der Waals surface area (Å²) in [6, 6.07) is 13.7. The number of ether oxygens (including phenoxy) is 4. The monoisotopic (exact) mass is 527 g/mol. The van der Waals surface area contributed by atoms with Crippen molar-refractivity contribution in [2.75, 3.05) is 39.6 Å². The molecule has 0 aliphatic carbocycles. The summed E-state index contributed by atoms with van der Waals surface area (Å²) in [6.07, 6.45) is 3.48. The summed E-state index contributed by atoms with van der Waals surface area (Å²) in [7, 11) is 0. The molecule has 0 radical (unpaired) electrons. The van der Waals surface area contributed by atoms with Gasteiger partial charge < -0.3 is 33.8 Å². The highest BCUT2D eigenvalue weighted by molar-refractivity contribution is 5.92. The third kappa shape index (κ3) is 7.20. The minimum Gasteiger partial charge on any atom is -0.464 e. The smallest absolute Gasteiger partial charge is 0.286 e. The van der Waals surface area contributed by atoms with Crippen LogP contribution >= 0.6 is 0 Å². The van der Waals surface area contributed by atoms with Crippen molar-refractivity contribution < 1.29 is 37.7 Å². The van der Waals surface area contributed by atoms with E-state index >= 15 is 0 Å². The van der Waals surface area contributed by atoms with Crippen LogP contribution in [0.3, 0.4) is 0 Å². The zero-order valence-electron chi connectivity index (χ0n) is 21.4. The van der Waals surface area contributed by atoms with Crippen molar-refractivity contribution in [2.45, 2.75) is 32.1 Å². The van der Waals surface area contributed by atoms with Crippen LogP contribution in [-0.4, -0.2) is 56.9 Å². The maximum atomic E-state index is 13.2. The van der Waals surface area contributed by atoms with E-state index in [4.69, 9.17) is 28.5 Å². The van der Waals surface area contributed by atoms with E-state index in [2.05, 4.69) is 5.32 Å². The highest BCUT2D eigenvalue weighted by Gasteiger charge is 2.39. The summed E-state index contributed by atoms with van der Waals surface area (Å²) in [5.41, 5.74) is 2.47. The first-order valence-corrected chi connectivity index (χ1v) is 12.9. The molecule has 9 heteroatoms. The number of hydrogen-bond donors (Lipinski definition) is 2. The molecule has 0 unspecified atom stereocenters. The van der Waals surface area contributed by atoms with Gasteiger partial charge in [-0.25, -0.2) is 4.39 Å². The van der Waals surface area contributed by atoms with E-state index in [9.17, 15) is 9.18 Å². The van der Waals surface area contributed by atoms with Crippen molar-refractivity contribution in [1.82, 2.24) is 5.32 Å². The lowest BCUT2D eigenvalue weighted by Crippen LogP contribution is -2.39. The third-order valence-corrected chi connectivity index (χ3v) is 6.38. The summed E-state index contributed by atoms with van der Waals surface area (Å²) in [5.74, 6) is -0.934. The summed E-state index contributed by atoms with van der Waals surface area (Å²) in [6.45, 7) is 4.00. The normalized spacial score (nSPS) is 19.2. The fourth-order valence-corrected chi connectivity index (χ4v) is 4.53. The van der Waals surface area contributed by atoms with Gasteiger partial charge in [-0.05, 0) is 43.2 Å². The van der Waals surface area contributed by atoms with Gasteiger partial charge in [-0.15, -0.1) is 0 Å². The molecule has 8 nitrogen and oxygen atoms in total. The number of nitrogens with one attached hydrogen (secondary N) is 1. The molecule has 1 aromatic heterocycles. The Balaban J connectivity index is 1.54. The summed E-state index contributed by atoms with van der Waals surface area (Å²) in [4.78, 5) is 13.1. The van der Waals surface area contributed by atoms with Crippen molar-refractivity contribution in [2.24, 2.45) is 5.92 Å². The first kappa shape index (κ1) is 27.8. The largest absolute Gasteiger partial charge is 0.464 e. The lowest BCUT2D eigenvalue weighted by molar-refractivity contribution is -0.168. The number of benzene rings is 2. The van der Waals surface area contributed by atoms with Gasteiger partial charge in [0.25, 0.3) is 5.91 Å². The Hall–Kier alpha value is -3.24. The van der Waals surface area contributed by atoms with E-state index in [1.54, 1.807) is 18.4 Å². The van der Waals surface area contributed by atoms with Crippen molar-refractivity contribution >= 4 is 16.9 Å². The third-order valence-electron chi connectivity index (χ3n) is 6.38. The number of aliphatic hydroxyl groups is 1. The van der Waals surface area contributed by atoms with Gasteiger partial charge in [-0.1, -0.05) is 30.3 Å². The number of fused-ring (bicyclic) bond motifs is 1. The Kier molecular flexibility index (Phi) is 10.3. The van der Waals surface area contributed by atoms with E-state index in [1.165, 1.54) is 12.1 Å².